The maximum atomic E-state index is 5.82. The number of hydrogen-bond acceptors (Lipinski definition) is 3. The Morgan fingerprint density at radius 3 is 2.60 bits per heavy atom. The maximum Gasteiger partial charge on any atom is 0.0596 e. The van der Waals surface area contributed by atoms with Gasteiger partial charge in [0.25, 0.3) is 0 Å². The molecule has 0 spiro atoms. The second-order valence-corrected chi connectivity index (χ2v) is 6.45. The molecule has 2 rings (SSSR count). The molecule has 0 aliphatic heterocycles. The molecule has 1 aliphatic rings. The summed E-state index contributed by atoms with van der Waals surface area (Å²) < 4.78 is 1.99. The largest absolute Gasteiger partial charge is 0.272 e. The van der Waals surface area contributed by atoms with E-state index in [-0.39, 0.29) is 0 Å². The molecule has 1 fully saturated rings. The Labute approximate surface area is 123 Å². The van der Waals surface area contributed by atoms with Gasteiger partial charge in [0.05, 0.1) is 5.69 Å². The van der Waals surface area contributed by atoms with Gasteiger partial charge in [0.15, 0.2) is 0 Å². The van der Waals surface area contributed by atoms with E-state index in [0.717, 1.165) is 18.0 Å². The van der Waals surface area contributed by atoms with Crippen molar-refractivity contribution in [3.8, 4) is 0 Å². The molecule has 1 heterocycles. The van der Waals surface area contributed by atoms with Gasteiger partial charge in [0.2, 0.25) is 0 Å². The van der Waals surface area contributed by atoms with Gasteiger partial charge in [-0.05, 0) is 37.7 Å². The van der Waals surface area contributed by atoms with E-state index in [9.17, 15) is 0 Å². The zero-order valence-electron chi connectivity index (χ0n) is 13.2. The first-order valence-corrected chi connectivity index (χ1v) is 8.09. The second kappa shape index (κ2) is 7.23. The lowest BCUT2D eigenvalue weighted by molar-refractivity contribution is 0.211. The molecule has 1 unspecified atom stereocenters. The van der Waals surface area contributed by atoms with Crippen molar-refractivity contribution in [1.29, 1.82) is 0 Å². The molecule has 20 heavy (non-hydrogen) atoms. The first-order valence-electron chi connectivity index (χ1n) is 8.09. The highest BCUT2D eigenvalue weighted by Gasteiger charge is 2.27. The minimum Gasteiger partial charge on any atom is -0.272 e. The highest BCUT2D eigenvalue weighted by Crippen LogP contribution is 2.33. The SMILES string of the molecule is CCCC1CCC(C(Cc2cc(C)nn2C)NN)CC1. The quantitative estimate of drug-likeness (QED) is 0.621. The number of hydrogen-bond donors (Lipinski definition) is 2. The van der Waals surface area contributed by atoms with Crippen molar-refractivity contribution < 1.29 is 0 Å². The smallest absolute Gasteiger partial charge is 0.0596 e. The van der Waals surface area contributed by atoms with Crippen LogP contribution in [0.3, 0.4) is 0 Å². The summed E-state index contributed by atoms with van der Waals surface area (Å²) in [5.41, 5.74) is 5.43. The van der Waals surface area contributed by atoms with Gasteiger partial charge in [-0.3, -0.25) is 16.0 Å². The van der Waals surface area contributed by atoms with Crippen molar-refractivity contribution >= 4 is 0 Å². The first kappa shape index (κ1) is 15.5. The predicted molar refractivity (Wildman–Crippen MR) is 83.1 cm³/mol. The van der Waals surface area contributed by atoms with E-state index in [1.807, 2.05) is 18.7 Å². The molecule has 0 aromatic carbocycles. The summed E-state index contributed by atoms with van der Waals surface area (Å²) in [5.74, 6) is 7.49. The van der Waals surface area contributed by atoms with E-state index in [1.54, 1.807) is 0 Å². The molecule has 0 saturated heterocycles. The molecular weight excluding hydrogens is 248 g/mol. The van der Waals surface area contributed by atoms with Crippen LogP contribution < -0.4 is 11.3 Å². The van der Waals surface area contributed by atoms with Crippen LogP contribution in [0.1, 0.15) is 56.8 Å². The molecule has 1 atom stereocenters. The summed E-state index contributed by atoms with van der Waals surface area (Å²) >= 11 is 0. The van der Waals surface area contributed by atoms with Crippen molar-refractivity contribution in [1.82, 2.24) is 15.2 Å². The van der Waals surface area contributed by atoms with E-state index in [4.69, 9.17) is 5.84 Å². The Balaban J connectivity index is 1.91. The molecule has 114 valence electrons. The molecule has 4 heteroatoms. The Morgan fingerprint density at radius 1 is 1.40 bits per heavy atom. The molecule has 0 radical (unpaired) electrons. The molecule has 3 N–H and O–H groups in total. The van der Waals surface area contributed by atoms with E-state index < -0.39 is 0 Å². The number of nitrogens with one attached hydrogen (secondary N) is 1. The molecular formula is C16H30N4. The van der Waals surface area contributed by atoms with Crippen molar-refractivity contribution in [2.45, 2.75) is 64.8 Å². The Bertz CT molecular complexity index is 405. The van der Waals surface area contributed by atoms with Crippen LogP contribution in [0.25, 0.3) is 0 Å². The van der Waals surface area contributed by atoms with Gasteiger partial charge in [-0.25, -0.2) is 0 Å². The van der Waals surface area contributed by atoms with Gasteiger partial charge < -0.3 is 0 Å². The van der Waals surface area contributed by atoms with Crippen molar-refractivity contribution in [2.24, 2.45) is 24.7 Å². The van der Waals surface area contributed by atoms with Gasteiger partial charge in [-0.1, -0.05) is 32.6 Å². The summed E-state index contributed by atoms with van der Waals surface area (Å²) in [7, 11) is 2.02. The molecule has 0 bridgehead atoms. The zero-order chi connectivity index (χ0) is 14.5. The number of aromatic nitrogens is 2. The Hall–Kier alpha value is -0.870. The fourth-order valence-corrected chi connectivity index (χ4v) is 3.73. The van der Waals surface area contributed by atoms with Gasteiger partial charge in [-0.2, -0.15) is 5.10 Å². The van der Waals surface area contributed by atoms with Crippen LogP contribution in [-0.4, -0.2) is 15.8 Å². The minimum absolute atomic E-state index is 0.382. The fraction of sp³-hybridized carbons (Fsp3) is 0.812. The molecule has 0 amide bonds. The summed E-state index contributed by atoms with van der Waals surface area (Å²) in [6.45, 7) is 4.34. The molecule has 1 aromatic rings. The number of nitrogens with zero attached hydrogens (tertiary/aromatic N) is 2. The monoisotopic (exact) mass is 278 g/mol. The Kier molecular flexibility index (Phi) is 5.61. The van der Waals surface area contributed by atoms with Crippen LogP contribution in [0.2, 0.25) is 0 Å². The van der Waals surface area contributed by atoms with Gasteiger partial charge in [0.1, 0.15) is 0 Å². The third-order valence-corrected chi connectivity index (χ3v) is 4.90. The molecule has 1 aliphatic carbocycles. The van der Waals surface area contributed by atoms with E-state index in [0.29, 0.717) is 12.0 Å². The van der Waals surface area contributed by atoms with Crippen LogP contribution >= 0.6 is 0 Å². The normalized spacial score (nSPS) is 24.8. The third kappa shape index (κ3) is 3.83. The van der Waals surface area contributed by atoms with Gasteiger partial charge in [0, 0.05) is 25.2 Å². The zero-order valence-corrected chi connectivity index (χ0v) is 13.2. The standard InChI is InChI=1S/C16H30N4/c1-4-5-13-6-8-14(9-7-13)16(18-17)11-15-10-12(2)19-20(15)3/h10,13-14,16,18H,4-9,11,17H2,1-3H3. The molecule has 1 saturated carbocycles. The maximum absolute atomic E-state index is 5.82. The predicted octanol–water partition coefficient (Wildman–Crippen LogP) is 2.71. The van der Waals surface area contributed by atoms with Crippen molar-refractivity contribution in [3.63, 3.8) is 0 Å². The van der Waals surface area contributed by atoms with Crippen LogP contribution in [0.15, 0.2) is 6.07 Å². The van der Waals surface area contributed by atoms with E-state index >= 15 is 0 Å². The number of aryl methyl sites for hydroxylation is 2. The van der Waals surface area contributed by atoms with Gasteiger partial charge in [-0.15, -0.1) is 0 Å². The fourth-order valence-electron chi connectivity index (χ4n) is 3.73. The summed E-state index contributed by atoms with van der Waals surface area (Å²) in [5, 5.41) is 4.43. The van der Waals surface area contributed by atoms with E-state index in [1.165, 1.54) is 44.2 Å². The second-order valence-electron chi connectivity index (χ2n) is 6.45. The lowest BCUT2D eigenvalue weighted by Crippen LogP contribution is -2.44. The lowest BCUT2D eigenvalue weighted by atomic mass is 9.76. The minimum atomic E-state index is 0.382. The number of nitrogens with two attached hydrogens (primary N) is 1. The molecule has 1 aromatic heterocycles. The topological polar surface area (TPSA) is 55.9 Å². The third-order valence-electron chi connectivity index (χ3n) is 4.90. The molecule has 4 nitrogen and oxygen atoms in total. The van der Waals surface area contributed by atoms with E-state index in [2.05, 4.69) is 23.5 Å². The summed E-state index contributed by atoms with van der Waals surface area (Å²) in [4.78, 5) is 0. The first-order chi connectivity index (χ1) is 9.63. The van der Waals surface area contributed by atoms with Gasteiger partial charge >= 0.3 is 0 Å². The Morgan fingerprint density at radius 2 is 2.10 bits per heavy atom. The lowest BCUT2D eigenvalue weighted by Gasteiger charge is -2.33. The summed E-state index contributed by atoms with van der Waals surface area (Å²) in [6.07, 6.45) is 9.09. The highest BCUT2D eigenvalue weighted by molar-refractivity contribution is 5.10. The van der Waals surface area contributed by atoms with Crippen LogP contribution in [0.5, 0.6) is 0 Å². The van der Waals surface area contributed by atoms with Crippen LogP contribution in [0, 0.1) is 18.8 Å². The van der Waals surface area contributed by atoms with Crippen LogP contribution in [-0.2, 0) is 13.5 Å². The van der Waals surface area contributed by atoms with Crippen molar-refractivity contribution in [3.05, 3.63) is 17.5 Å². The summed E-state index contributed by atoms with van der Waals surface area (Å²) in [6, 6.07) is 2.56. The van der Waals surface area contributed by atoms with Crippen LogP contribution in [0.4, 0.5) is 0 Å². The number of rotatable bonds is 6. The average Bonchev–Trinajstić information content (AvgIpc) is 2.75. The highest BCUT2D eigenvalue weighted by atomic mass is 15.3. The van der Waals surface area contributed by atoms with Crippen molar-refractivity contribution in [2.75, 3.05) is 0 Å². The number of hydrazine groups is 1. The average molecular weight is 278 g/mol.